The molecule has 0 fully saturated rings. The van der Waals surface area contributed by atoms with Crippen molar-refractivity contribution in [3.63, 3.8) is 0 Å². The van der Waals surface area contributed by atoms with E-state index in [4.69, 9.17) is 10.5 Å². The third kappa shape index (κ3) is 3.11. The molecule has 2 aromatic rings. The van der Waals surface area contributed by atoms with Gasteiger partial charge in [-0.25, -0.2) is 4.98 Å². The molecule has 0 saturated carbocycles. The fourth-order valence-electron chi connectivity index (χ4n) is 1.83. The first-order valence-electron chi connectivity index (χ1n) is 6.28. The second kappa shape index (κ2) is 6.21. The predicted molar refractivity (Wildman–Crippen MR) is 71.9 cm³/mol. The molecule has 96 valence electrons. The summed E-state index contributed by atoms with van der Waals surface area (Å²) in [7, 11) is 0. The van der Waals surface area contributed by atoms with Crippen molar-refractivity contribution in [2.24, 2.45) is 5.73 Å². The van der Waals surface area contributed by atoms with Crippen molar-refractivity contribution in [1.82, 2.24) is 9.55 Å². The van der Waals surface area contributed by atoms with E-state index in [-0.39, 0.29) is 6.10 Å². The van der Waals surface area contributed by atoms with Gasteiger partial charge in [-0.05, 0) is 43.7 Å². The number of imidazole rings is 1. The summed E-state index contributed by atoms with van der Waals surface area (Å²) in [6, 6.07) is 8.00. The SMILES string of the molecule is CCC(CCN)Oc1ccc(-n2ccnc2)cc1. The highest BCUT2D eigenvalue weighted by Crippen LogP contribution is 2.18. The number of nitrogens with zero attached hydrogens (tertiary/aromatic N) is 2. The van der Waals surface area contributed by atoms with Crippen molar-refractivity contribution in [3.8, 4) is 11.4 Å². The highest BCUT2D eigenvalue weighted by Gasteiger charge is 2.06. The van der Waals surface area contributed by atoms with Gasteiger partial charge in [-0.15, -0.1) is 0 Å². The minimum Gasteiger partial charge on any atom is -0.490 e. The van der Waals surface area contributed by atoms with Crippen molar-refractivity contribution < 1.29 is 4.74 Å². The summed E-state index contributed by atoms with van der Waals surface area (Å²) < 4.78 is 7.83. The largest absolute Gasteiger partial charge is 0.490 e. The number of aromatic nitrogens is 2. The summed E-state index contributed by atoms with van der Waals surface area (Å²) in [5, 5.41) is 0. The van der Waals surface area contributed by atoms with Gasteiger partial charge in [0.15, 0.2) is 0 Å². The molecular weight excluding hydrogens is 226 g/mol. The van der Waals surface area contributed by atoms with Crippen LogP contribution in [0.3, 0.4) is 0 Å². The number of hydrogen-bond donors (Lipinski definition) is 1. The molecule has 1 aromatic heterocycles. The Bertz CT molecular complexity index is 450. The fourth-order valence-corrected chi connectivity index (χ4v) is 1.83. The van der Waals surface area contributed by atoms with Gasteiger partial charge in [0.05, 0.1) is 12.4 Å². The highest BCUT2D eigenvalue weighted by atomic mass is 16.5. The van der Waals surface area contributed by atoms with E-state index in [1.807, 2.05) is 35.0 Å². The number of rotatable bonds is 6. The molecular formula is C14H19N3O. The first-order chi connectivity index (χ1) is 8.83. The van der Waals surface area contributed by atoms with Crippen LogP contribution in [-0.4, -0.2) is 22.2 Å². The summed E-state index contributed by atoms with van der Waals surface area (Å²) in [5.41, 5.74) is 6.63. The molecule has 0 bridgehead atoms. The molecule has 0 aliphatic carbocycles. The molecule has 0 saturated heterocycles. The average molecular weight is 245 g/mol. The van der Waals surface area contributed by atoms with Gasteiger partial charge in [-0.1, -0.05) is 6.92 Å². The summed E-state index contributed by atoms with van der Waals surface area (Å²) in [6.45, 7) is 2.77. The van der Waals surface area contributed by atoms with E-state index in [2.05, 4.69) is 11.9 Å². The maximum absolute atomic E-state index is 5.87. The summed E-state index contributed by atoms with van der Waals surface area (Å²) in [6.07, 6.45) is 7.52. The second-order valence-electron chi connectivity index (χ2n) is 4.19. The lowest BCUT2D eigenvalue weighted by Gasteiger charge is -2.16. The number of ether oxygens (including phenoxy) is 1. The minimum atomic E-state index is 0.203. The quantitative estimate of drug-likeness (QED) is 0.850. The van der Waals surface area contributed by atoms with E-state index in [9.17, 15) is 0 Å². The van der Waals surface area contributed by atoms with Crippen molar-refractivity contribution >= 4 is 0 Å². The molecule has 2 N–H and O–H groups in total. The van der Waals surface area contributed by atoms with E-state index < -0.39 is 0 Å². The fraction of sp³-hybridized carbons (Fsp3) is 0.357. The smallest absolute Gasteiger partial charge is 0.119 e. The maximum atomic E-state index is 5.87. The zero-order valence-corrected chi connectivity index (χ0v) is 10.6. The van der Waals surface area contributed by atoms with Gasteiger partial charge in [-0.2, -0.15) is 0 Å². The molecule has 1 atom stereocenters. The van der Waals surface area contributed by atoms with Gasteiger partial charge >= 0.3 is 0 Å². The second-order valence-corrected chi connectivity index (χ2v) is 4.19. The number of nitrogens with two attached hydrogens (primary N) is 1. The zero-order chi connectivity index (χ0) is 12.8. The van der Waals surface area contributed by atoms with Crippen LogP contribution in [0.1, 0.15) is 19.8 Å². The van der Waals surface area contributed by atoms with Crippen molar-refractivity contribution in [3.05, 3.63) is 43.0 Å². The van der Waals surface area contributed by atoms with Crippen LogP contribution < -0.4 is 10.5 Å². The standard InChI is InChI=1S/C14H19N3O/c1-2-13(7-8-15)18-14-5-3-12(4-6-14)17-10-9-16-11-17/h3-6,9-11,13H,2,7-8,15H2,1H3. The molecule has 4 nitrogen and oxygen atoms in total. The van der Waals surface area contributed by atoms with Crippen LogP contribution in [0.25, 0.3) is 5.69 Å². The Labute approximate surface area is 107 Å². The minimum absolute atomic E-state index is 0.203. The number of benzene rings is 1. The third-order valence-corrected chi connectivity index (χ3v) is 2.89. The molecule has 0 aliphatic rings. The van der Waals surface area contributed by atoms with Crippen LogP contribution in [0.15, 0.2) is 43.0 Å². The Morgan fingerprint density at radius 1 is 1.33 bits per heavy atom. The molecule has 0 spiro atoms. The van der Waals surface area contributed by atoms with Gasteiger partial charge in [-0.3, -0.25) is 0 Å². The summed E-state index contributed by atoms with van der Waals surface area (Å²) >= 11 is 0. The lowest BCUT2D eigenvalue weighted by atomic mass is 10.2. The highest BCUT2D eigenvalue weighted by molar-refractivity contribution is 5.37. The van der Waals surface area contributed by atoms with Gasteiger partial charge in [0.25, 0.3) is 0 Å². The summed E-state index contributed by atoms with van der Waals surface area (Å²) in [5.74, 6) is 0.888. The molecule has 0 aliphatic heterocycles. The maximum Gasteiger partial charge on any atom is 0.119 e. The molecule has 0 amide bonds. The Balaban J connectivity index is 2.03. The zero-order valence-electron chi connectivity index (χ0n) is 10.6. The summed E-state index contributed by atoms with van der Waals surface area (Å²) in [4.78, 5) is 4.02. The monoisotopic (exact) mass is 245 g/mol. The molecule has 2 rings (SSSR count). The molecule has 1 unspecified atom stereocenters. The van der Waals surface area contributed by atoms with Crippen molar-refractivity contribution in [2.45, 2.75) is 25.9 Å². The first-order valence-corrected chi connectivity index (χ1v) is 6.28. The predicted octanol–water partition coefficient (Wildman–Crippen LogP) is 2.38. The Morgan fingerprint density at radius 3 is 2.67 bits per heavy atom. The van der Waals surface area contributed by atoms with Gasteiger partial charge in [0, 0.05) is 18.1 Å². The van der Waals surface area contributed by atoms with Gasteiger partial charge in [0.1, 0.15) is 5.75 Å². The molecule has 4 heteroatoms. The van der Waals surface area contributed by atoms with E-state index >= 15 is 0 Å². The van der Waals surface area contributed by atoms with Crippen LogP contribution >= 0.6 is 0 Å². The van der Waals surface area contributed by atoms with Gasteiger partial charge < -0.3 is 15.0 Å². The van der Waals surface area contributed by atoms with E-state index in [0.29, 0.717) is 6.54 Å². The van der Waals surface area contributed by atoms with Crippen LogP contribution in [0.5, 0.6) is 5.75 Å². The Hall–Kier alpha value is -1.81. The van der Waals surface area contributed by atoms with Crippen LogP contribution in [0.2, 0.25) is 0 Å². The van der Waals surface area contributed by atoms with Crippen molar-refractivity contribution in [1.29, 1.82) is 0 Å². The normalized spacial score (nSPS) is 12.3. The van der Waals surface area contributed by atoms with E-state index in [1.54, 1.807) is 12.5 Å². The molecule has 1 heterocycles. The lowest BCUT2D eigenvalue weighted by Crippen LogP contribution is -2.19. The van der Waals surface area contributed by atoms with E-state index in [1.165, 1.54) is 0 Å². The van der Waals surface area contributed by atoms with Crippen LogP contribution in [0, 0.1) is 0 Å². The van der Waals surface area contributed by atoms with Crippen LogP contribution in [0.4, 0.5) is 0 Å². The van der Waals surface area contributed by atoms with Crippen LogP contribution in [-0.2, 0) is 0 Å². The topological polar surface area (TPSA) is 53.1 Å². The third-order valence-electron chi connectivity index (χ3n) is 2.89. The van der Waals surface area contributed by atoms with Crippen molar-refractivity contribution in [2.75, 3.05) is 6.54 Å². The average Bonchev–Trinajstić information content (AvgIpc) is 2.93. The lowest BCUT2D eigenvalue weighted by molar-refractivity contribution is 0.189. The molecule has 18 heavy (non-hydrogen) atoms. The van der Waals surface area contributed by atoms with Gasteiger partial charge in [0.2, 0.25) is 0 Å². The first kappa shape index (κ1) is 12.6. The molecule has 1 aromatic carbocycles. The number of hydrogen-bond acceptors (Lipinski definition) is 3. The Kier molecular flexibility index (Phi) is 4.36. The molecule has 0 radical (unpaired) electrons. The Morgan fingerprint density at radius 2 is 2.11 bits per heavy atom. The van der Waals surface area contributed by atoms with E-state index in [0.717, 1.165) is 24.3 Å².